The molecule has 2 aliphatic heterocycles. The van der Waals surface area contributed by atoms with Gasteiger partial charge in [-0.1, -0.05) is 18.2 Å². The van der Waals surface area contributed by atoms with Crippen molar-refractivity contribution in [1.82, 2.24) is 9.88 Å². The third-order valence-electron chi connectivity index (χ3n) is 7.18. The molecule has 1 N–H and O–H groups in total. The summed E-state index contributed by atoms with van der Waals surface area (Å²) in [7, 11) is 0. The first-order chi connectivity index (χ1) is 13.7. The predicted molar refractivity (Wildman–Crippen MR) is 110 cm³/mol. The number of rotatable bonds is 2. The van der Waals surface area contributed by atoms with Crippen molar-refractivity contribution >= 4 is 22.5 Å². The van der Waals surface area contributed by atoms with Crippen LogP contribution < -0.4 is 4.90 Å². The van der Waals surface area contributed by atoms with Crippen molar-refractivity contribution in [3.8, 4) is 0 Å². The van der Waals surface area contributed by atoms with E-state index in [-0.39, 0.29) is 11.5 Å². The van der Waals surface area contributed by atoms with Gasteiger partial charge in [0.05, 0.1) is 22.7 Å². The zero-order valence-corrected chi connectivity index (χ0v) is 16.4. The monoisotopic (exact) mass is 379 g/mol. The maximum atomic E-state index is 13.5. The molecule has 3 fully saturated rings. The van der Waals surface area contributed by atoms with Crippen LogP contribution in [0.1, 0.15) is 44.9 Å². The van der Waals surface area contributed by atoms with Crippen molar-refractivity contribution in [2.75, 3.05) is 24.5 Å². The van der Waals surface area contributed by atoms with Crippen LogP contribution in [0, 0.1) is 5.41 Å². The van der Waals surface area contributed by atoms with Crippen LogP contribution >= 0.6 is 0 Å². The molecule has 148 valence electrons. The fourth-order valence-electron chi connectivity index (χ4n) is 5.63. The van der Waals surface area contributed by atoms with E-state index in [4.69, 9.17) is 0 Å². The minimum Gasteiger partial charge on any atom is -0.393 e. The molecule has 5 heteroatoms. The van der Waals surface area contributed by atoms with E-state index in [1.807, 2.05) is 12.3 Å². The molecule has 1 aromatic carbocycles. The van der Waals surface area contributed by atoms with Crippen LogP contribution in [-0.4, -0.2) is 52.7 Å². The van der Waals surface area contributed by atoms with E-state index in [0.29, 0.717) is 11.9 Å². The highest BCUT2D eigenvalue weighted by molar-refractivity contribution is 5.92. The molecular weight excluding hydrogens is 350 g/mol. The second-order valence-electron chi connectivity index (χ2n) is 8.87. The van der Waals surface area contributed by atoms with Gasteiger partial charge in [-0.25, -0.2) is 0 Å². The molecule has 2 aromatic rings. The molecule has 1 aromatic heterocycles. The first kappa shape index (κ1) is 17.9. The number of aromatic nitrogens is 1. The Labute approximate surface area is 166 Å². The molecule has 1 atom stereocenters. The Bertz CT molecular complexity index is 872. The Kier molecular flexibility index (Phi) is 4.50. The topological polar surface area (TPSA) is 56.7 Å². The molecular formula is C23H29N3O2. The maximum absolute atomic E-state index is 13.5. The number of carbonyl (C=O) groups is 1. The van der Waals surface area contributed by atoms with Crippen LogP contribution in [0.4, 0.5) is 5.69 Å². The molecule has 1 unspecified atom stereocenters. The summed E-state index contributed by atoms with van der Waals surface area (Å²) in [5, 5.41) is 11.0. The number of carbonyl (C=O) groups excluding carboxylic acids is 1. The molecule has 28 heavy (non-hydrogen) atoms. The lowest BCUT2D eigenvalue weighted by Gasteiger charge is -2.41. The average Bonchev–Trinajstić information content (AvgIpc) is 3.04. The summed E-state index contributed by atoms with van der Waals surface area (Å²) in [6.07, 6.45) is 8.22. The molecule has 5 rings (SSSR count). The lowest BCUT2D eigenvalue weighted by molar-refractivity contribution is -0.139. The van der Waals surface area contributed by atoms with Crippen molar-refractivity contribution in [1.29, 1.82) is 0 Å². The number of aliphatic hydroxyl groups is 1. The Morgan fingerprint density at radius 1 is 1.04 bits per heavy atom. The van der Waals surface area contributed by atoms with Crippen LogP contribution in [0.3, 0.4) is 0 Å². The largest absolute Gasteiger partial charge is 0.393 e. The first-order valence-electron chi connectivity index (χ1n) is 10.7. The van der Waals surface area contributed by atoms with Crippen LogP contribution in [0.15, 0.2) is 36.5 Å². The molecule has 1 aliphatic carbocycles. The Morgan fingerprint density at radius 3 is 2.71 bits per heavy atom. The van der Waals surface area contributed by atoms with E-state index in [9.17, 15) is 9.90 Å². The number of nitrogens with zero attached hydrogens (tertiary/aromatic N) is 3. The molecule has 3 heterocycles. The standard InChI is InChI=1S/C23H29N3O2/c27-19-9-7-18(8-10-19)26-15-12-23(22(26)28)11-3-14-25(16-23)20-6-1-4-17-5-2-13-24-21(17)20/h1-2,4-6,13,18-19,27H,3,7-12,14-16H2/t18-,19-,23?. The minimum atomic E-state index is -0.245. The average molecular weight is 380 g/mol. The number of anilines is 1. The van der Waals surface area contributed by atoms with Gasteiger partial charge in [0.25, 0.3) is 0 Å². The Balaban J connectivity index is 1.39. The minimum absolute atomic E-state index is 0.174. The molecule has 1 amide bonds. The second kappa shape index (κ2) is 7.03. The van der Waals surface area contributed by atoms with Gasteiger partial charge >= 0.3 is 0 Å². The normalized spacial score (nSPS) is 31.1. The highest BCUT2D eigenvalue weighted by Gasteiger charge is 2.50. The number of pyridine rings is 1. The van der Waals surface area contributed by atoms with Gasteiger partial charge in [-0.15, -0.1) is 0 Å². The third-order valence-corrected chi connectivity index (χ3v) is 7.18. The smallest absolute Gasteiger partial charge is 0.230 e. The van der Waals surface area contributed by atoms with Gasteiger partial charge in [-0.3, -0.25) is 9.78 Å². The fourth-order valence-corrected chi connectivity index (χ4v) is 5.63. The van der Waals surface area contributed by atoms with Gasteiger partial charge in [0.2, 0.25) is 5.91 Å². The number of fused-ring (bicyclic) bond motifs is 1. The molecule has 1 saturated carbocycles. The molecule has 5 nitrogen and oxygen atoms in total. The van der Waals surface area contributed by atoms with E-state index in [1.54, 1.807) is 0 Å². The van der Waals surface area contributed by atoms with E-state index in [1.165, 1.54) is 0 Å². The number of piperidine rings is 1. The zero-order chi connectivity index (χ0) is 19.1. The highest BCUT2D eigenvalue weighted by Crippen LogP contribution is 2.44. The quantitative estimate of drug-likeness (QED) is 0.869. The molecule has 2 saturated heterocycles. The molecule has 0 bridgehead atoms. The molecule has 3 aliphatic rings. The second-order valence-corrected chi connectivity index (χ2v) is 8.87. The summed E-state index contributed by atoms with van der Waals surface area (Å²) in [4.78, 5) is 22.7. The van der Waals surface area contributed by atoms with Crippen molar-refractivity contribution in [3.05, 3.63) is 36.5 Å². The number of amides is 1. The van der Waals surface area contributed by atoms with Gasteiger partial charge in [-0.2, -0.15) is 0 Å². The third kappa shape index (κ3) is 2.96. The summed E-state index contributed by atoms with van der Waals surface area (Å²) in [6.45, 7) is 2.66. The lowest BCUT2D eigenvalue weighted by atomic mass is 9.78. The summed E-state index contributed by atoms with van der Waals surface area (Å²) >= 11 is 0. The zero-order valence-electron chi connectivity index (χ0n) is 16.4. The summed E-state index contributed by atoms with van der Waals surface area (Å²) in [5.41, 5.74) is 1.94. The van der Waals surface area contributed by atoms with E-state index < -0.39 is 0 Å². The van der Waals surface area contributed by atoms with Gasteiger partial charge in [-0.05, 0) is 57.1 Å². The van der Waals surface area contributed by atoms with Crippen molar-refractivity contribution in [2.45, 2.75) is 57.1 Å². The van der Waals surface area contributed by atoms with Gasteiger partial charge in [0.1, 0.15) is 0 Å². The van der Waals surface area contributed by atoms with Gasteiger partial charge in [0.15, 0.2) is 0 Å². The summed E-state index contributed by atoms with van der Waals surface area (Å²) in [6, 6.07) is 10.7. The highest BCUT2D eigenvalue weighted by atomic mass is 16.3. The van der Waals surface area contributed by atoms with Gasteiger partial charge in [0, 0.05) is 37.3 Å². The van der Waals surface area contributed by atoms with Crippen molar-refractivity contribution < 1.29 is 9.90 Å². The molecule has 0 radical (unpaired) electrons. The SMILES string of the molecule is O=C1N([C@H]2CC[C@H](O)CC2)CCC12CCCN(c1cccc3cccnc13)C2. The number of aliphatic hydroxyl groups excluding tert-OH is 1. The number of para-hydroxylation sites is 1. The van der Waals surface area contributed by atoms with E-state index in [0.717, 1.165) is 81.2 Å². The number of hydrogen-bond acceptors (Lipinski definition) is 4. The van der Waals surface area contributed by atoms with Crippen LogP contribution in [0.5, 0.6) is 0 Å². The Morgan fingerprint density at radius 2 is 1.86 bits per heavy atom. The maximum Gasteiger partial charge on any atom is 0.230 e. The number of hydrogen-bond donors (Lipinski definition) is 1. The molecule has 1 spiro atoms. The van der Waals surface area contributed by atoms with E-state index >= 15 is 0 Å². The summed E-state index contributed by atoms with van der Waals surface area (Å²) < 4.78 is 0. The predicted octanol–water partition coefficient (Wildman–Crippen LogP) is 3.36. The first-order valence-corrected chi connectivity index (χ1v) is 10.7. The van der Waals surface area contributed by atoms with E-state index in [2.05, 4.69) is 39.0 Å². The van der Waals surface area contributed by atoms with Crippen LogP contribution in [0.2, 0.25) is 0 Å². The van der Waals surface area contributed by atoms with Crippen LogP contribution in [0.25, 0.3) is 10.9 Å². The Hall–Kier alpha value is -2.14. The van der Waals surface area contributed by atoms with Crippen molar-refractivity contribution in [2.24, 2.45) is 5.41 Å². The van der Waals surface area contributed by atoms with Crippen LogP contribution in [-0.2, 0) is 4.79 Å². The van der Waals surface area contributed by atoms with Gasteiger partial charge < -0.3 is 14.9 Å². The summed E-state index contributed by atoms with van der Waals surface area (Å²) in [5.74, 6) is 0.354. The fraction of sp³-hybridized carbons (Fsp3) is 0.565. The van der Waals surface area contributed by atoms with Crippen molar-refractivity contribution in [3.63, 3.8) is 0 Å². The number of benzene rings is 1. The number of likely N-dealkylation sites (tertiary alicyclic amines) is 1. The lowest BCUT2D eigenvalue weighted by Crippen LogP contribution is -2.50.